The molecule has 170 valence electrons. The van der Waals surface area contributed by atoms with E-state index in [1.54, 1.807) is 0 Å². The number of rotatable bonds is 5. The smallest absolute Gasteiger partial charge is 0.217 e. The Bertz CT molecular complexity index is 1100. The van der Waals surface area contributed by atoms with Crippen molar-refractivity contribution in [2.75, 3.05) is 6.61 Å². The Hall–Kier alpha value is -2.52. The normalized spacial score (nSPS) is 23.4. The first kappa shape index (κ1) is 22.3. The Morgan fingerprint density at radius 1 is 0.727 bits per heavy atom. The van der Waals surface area contributed by atoms with Crippen LogP contribution < -0.4 is 15.9 Å². The Labute approximate surface area is 197 Å². The first-order chi connectivity index (χ1) is 15.8. The first-order valence-electron chi connectivity index (χ1n) is 11.4. The number of aliphatic imine (C=N–C) groups is 1. The third kappa shape index (κ3) is 4.61. The summed E-state index contributed by atoms with van der Waals surface area (Å²) in [6.45, 7) is 8.63. The lowest BCUT2D eigenvalue weighted by atomic mass is 10.0. The monoisotopic (exact) mass is 459 g/mol. The van der Waals surface area contributed by atoms with Crippen molar-refractivity contribution in [2.24, 2.45) is 4.99 Å². The number of hydrogen-bond donors (Lipinski definition) is 0. The van der Waals surface area contributed by atoms with Gasteiger partial charge in [0, 0.05) is 0 Å². The fourth-order valence-corrected chi connectivity index (χ4v) is 6.93. The molecule has 5 heteroatoms. The van der Waals surface area contributed by atoms with E-state index < -0.39 is 13.7 Å². The van der Waals surface area contributed by atoms with Crippen LogP contribution in [0, 0.1) is 0 Å². The standard InChI is InChI=1S/C28H30NO3P/c1-27(2)19-30-26(29-27)25-24(31-28(3,4)32-25)22-17-11-12-18-23(22)33(20-13-7-5-8-14-20)21-15-9-6-10-16-21/h5-18,24-25H,19H2,1-4H3/t24-,25+/m1/s1. The average Bonchev–Trinajstić information content (AvgIpc) is 3.34. The molecule has 33 heavy (non-hydrogen) atoms. The SMILES string of the molecule is CC1(C)COC([C@H]2OC(C)(C)O[C@@H]2c2ccccc2P(c2ccccc2)c2ccccc2)=N1. The number of benzene rings is 3. The highest BCUT2D eigenvalue weighted by molar-refractivity contribution is 7.79. The zero-order valence-corrected chi connectivity index (χ0v) is 20.5. The lowest BCUT2D eigenvalue weighted by molar-refractivity contribution is -0.143. The largest absolute Gasteiger partial charge is 0.476 e. The summed E-state index contributed by atoms with van der Waals surface area (Å²) in [5.74, 6) is -0.0994. The van der Waals surface area contributed by atoms with Gasteiger partial charge in [-0.05, 0) is 57.1 Å². The van der Waals surface area contributed by atoms with Crippen molar-refractivity contribution in [3.63, 3.8) is 0 Å². The van der Waals surface area contributed by atoms with Crippen molar-refractivity contribution in [2.45, 2.75) is 51.2 Å². The molecule has 2 aliphatic rings. The molecule has 1 fully saturated rings. The molecule has 2 atom stereocenters. The molecule has 0 N–H and O–H groups in total. The molecule has 0 aromatic heterocycles. The fourth-order valence-electron chi connectivity index (χ4n) is 4.44. The van der Waals surface area contributed by atoms with E-state index in [0.717, 1.165) is 5.56 Å². The molecule has 0 saturated carbocycles. The van der Waals surface area contributed by atoms with Crippen LogP contribution in [0.3, 0.4) is 0 Å². The molecule has 0 bridgehead atoms. The van der Waals surface area contributed by atoms with Crippen molar-refractivity contribution in [1.29, 1.82) is 0 Å². The van der Waals surface area contributed by atoms with Crippen LogP contribution in [-0.4, -0.2) is 29.9 Å². The third-order valence-electron chi connectivity index (χ3n) is 5.84. The highest BCUT2D eigenvalue weighted by Gasteiger charge is 2.48. The second kappa shape index (κ2) is 8.68. The zero-order valence-electron chi connectivity index (χ0n) is 19.6. The average molecular weight is 460 g/mol. The maximum absolute atomic E-state index is 6.52. The summed E-state index contributed by atoms with van der Waals surface area (Å²) in [5, 5.41) is 3.87. The van der Waals surface area contributed by atoms with Gasteiger partial charge in [0.1, 0.15) is 12.7 Å². The van der Waals surface area contributed by atoms with Gasteiger partial charge in [-0.1, -0.05) is 84.9 Å². The molecular weight excluding hydrogens is 429 g/mol. The lowest BCUT2D eigenvalue weighted by Crippen LogP contribution is -2.31. The van der Waals surface area contributed by atoms with E-state index >= 15 is 0 Å². The summed E-state index contributed by atoms with van der Waals surface area (Å²) in [6, 6.07) is 30.0. The van der Waals surface area contributed by atoms with Gasteiger partial charge in [0.15, 0.2) is 11.9 Å². The van der Waals surface area contributed by atoms with Gasteiger partial charge < -0.3 is 14.2 Å². The molecule has 4 nitrogen and oxygen atoms in total. The molecule has 0 radical (unpaired) electrons. The van der Waals surface area contributed by atoms with Crippen molar-refractivity contribution in [1.82, 2.24) is 0 Å². The Balaban J connectivity index is 1.63. The molecule has 1 saturated heterocycles. The van der Waals surface area contributed by atoms with E-state index in [4.69, 9.17) is 19.2 Å². The van der Waals surface area contributed by atoms with Gasteiger partial charge in [0.05, 0.1) is 5.54 Å². The summed E-state index contributed by atoms with van der Waals surface area (Å²) < 4.78 is 18.9. The van der Waals surface area contributed by atoms with Crippen molar-refractivity contribution in [3.8, 4) is 0 Å². The van der Waals surface area contributed by atoms with Gasteiger partial charge in [-0.25, -0.2) is 4.99 Å². The summed E-state index contributed by atoms with van der Waals surface area (Å²) in [5.41, 5.74) is 0.874. The predicted molar refractivity (Wildman–Crippen MR) is 135 cm³/mol. The fraction of sp³-hybridized carbons (Fsp3) is 0.321. The molecule has 3 aromatic carbocycles. The van der Waals surface area contributed by atoms with E-state index in [-0.39, 0.29) is 17.7 Å². The zero-order chi connectivity index (χ0) is 23.1. The molecular formula is C28H30NO3P. The van der Waals surface area contributed by atoms with Crippen LogP contribution in [0.2, 0.25) is 0 Å². The van der Waals surface area contributed by atoms with Crippen molar-refractivity contribution < 1.29 is 14.2 Å². The van der Waals surface area contributed by atoms with Crippen LogP contribution in [0.1, 0.15) is 39.4 Å². The van der Waals surface area contributed by atoms with Crippen molar-refractivity contribution in [3.05, 3.63) is 90.5 Å². The molecule has 0 amide bonds. The molecule has 0 spiro atoms. The van der Waals surface area contributed by atoms with E-state index in [1.807, 2.05) is 13.8 Å². The second-order valence-electron chi connectivity index (χ2n) is 9.59. The summed E-state index contributed by atoms with van der Waals surface area (Å²) in [4.78, 5) is 4.83. The first-order valence-corrected chi connectivity index (χ1v) is 12.7. The molecule has 2 aliphatic heterocycles. The maximum Gasteiger partial charge on any atom is 0.217 e. The van der Waals surface area contributed by atoms with E-state index in [0.29, 0.717) is 12.5 Å². The van der Waals surface area contributed by atoms with Crippen LogP contribution in [0.15, 0.2) is 89.9 Å². The van der Waals surface area contributed by atoms with Gasteiger partial charge in [0.25, 0.3) is 0 Å². The Morgan fingerprint density at radius 3 is 1.85 bits per heavy atom. The van der Waals surface area contributed by atoms with Gasteiger partial charge in [0.2, 0.25) is 5.90 Å². The van der Waals surface area contributed by atoms with Crippen LogP contribution in [0.25, 0.3) is 0 Å². The second-order valence-corrected chi connectivity index (χ2v) is 11.8. The Kier molecular flexibility index (Phi) is 5.86. The highest BCUT2D eigenvalue weighted by Crippen LogP contribution is 2.43. The maximum atomic E-state index is 6.52. The highest BCUT2D eigenvalue weighted by atomic mass is 31.1. The topological polar surface area (TPSA) is 40.0 Å². The number of hydrogen-bond acceptors (Lipinski definition) is 4. The molecule has 5 rings (SSSR count). The van der Waals surface area contributed by atoms with Crippen molar-refractivity contribution >= 4 is 29.7 Å². The minimum absolute atomic E-state index is 0.254. The molecule has 3 aromatic rings. The van der Waals surface area contributed by atoms with E-state index in [2.05, 4.69) is 98.8 Å². The van der Waals surface area contributed by atoms with Gasteiger partial charge in [-0.15, -0.1) is 0 Å². The van der Waals surface area contributed by atoms with Crippen LogP contribution in [0.4, 0.5) is 0 Å². The number of nitrogens with zero attached hydrogens (tertiary/aromatic N) is 1. The van der Waals surface area contributed by atoms with Crippen LogP contribution in [0.5, 0.6) is 0 Å². The van der Waals surface area contributed by atoms with Gasteiger partial charge >= 0.3 is 0 Å². The van der Waals surface area contributed by atoms with E-state index in [1.165, 1.54) is 15.9 Å². The quantitative estimate of drug-likeness (QED) is 0.513. The molecule has 0 unspecified atom stereocenters. The molecule has 2 heterocycles. The third-order valence-corrected chi connectivity index (χ3v) is 8.36. The summed E-state index contributed by atoms with van der Waals surface area (Å²) in [7, 11) is -0.780. The minimum Gasteiger partial charge on any atom is -0.476 e. The van der Waals surface area contributed by atoms with Crippen LogP contribution in [-0.2, 0) is 14.2 Å². The molecule has 0 aliphatic carbocycles. The van der Waals surface area contributed by atoms with Gasteiger partial charge in [-0.2, -0.15) is 0 Å². The van der Waals surface area contributed by atoms with Crippen LogP contribution >= 0.6 is 7.92 Å². The summed E-state index contributed by atoms with van der Waals surface area (Å²) in [6.07, 6.45) is -0.687. The van der Waals surface area contributed by atoms with Gasteiger partial charge in [-0.3, -0.25) is 0 Å². The lowest BCUT2D eigenvalue weighted by Gasteiger charge is -2.26. The van der Waals surface area contributed by atoms with E-state index in [9.17, 15) is 0 Å². The number of ether oxygens (including phenoxy) is 3. The summed E-state index contributed by atoms with van der Waals surface area (Å²) >= 11 is 0. The minimum atomic E-state index is -0.780. The Morgan fingerprint density at radius 2 is 1.27 bits per heavy atom. The predicted octanol–water partition coefficient (Wildman–Crippen LogP) is 4.84.